The number of nitrogens with zero attached hydrogens (tertiary/aromatic N) is 1. The number of carbonyl (C=O) groups is 3. The van der Waals surface area contributed by atoms with Crippen molar-refractivity contribution in [2.75, 3.05) is 38.2 Å². The number of para-hydroxylation sites is 1. The molecule has 0 fully saturated rings. The Morgan fingerprint density at radius 1 is 1.15 bits per heavy atom. The van der Waals surface area contributed by atoms with E-state index in [1.165, 1.54) is 17.0 Å². The molecule has 0 aliphatic carbocycles. The van der Waals surface area contributed by atoms with Crippen molar-refractivity contribution in [3.63, 3.8) is 0 Å². The number of halogens is 1. The van der Waals surface area contributed by atoms with Crippen LogP contribution in [0.2, 0.25) is 5.02 Å². The molecular weight excluding hydrogens is 448 g/mol. The molecule has 0 unspecified atom stereocenters. The van der Waals surface area contributed by atoms with Crippen LogP contribution in [-0.2, 0) is 14.3 Å². The van der Waals surface area contributed by atoms with Crippen molar-refractivity contribution in [1.29, 1.82) is 0 Å². The number of hydrogen-bond acceptors (Lipinski definition) is 6. The number of anilines is 1. The maximum Gasteiger partial charge on any atom is 0.338 e. The molecule has 2 aromatic carbocycles. The van der Waals surface area contributed by atoms with E-state index in [0.29, 0.717) is 49.8 Å². The summed E-state index contributed by atoms with van der Waals surface area (Å²) in [6, 6.07) is 10.3. The molecule has 0 bridgehead atoms. The van der Waals surface area contributed by atoms with Crippen LogP contribution in [0.15, 0.2) is 36.4 Å². The highest BCUT2D eigenvalue weighted by Gasteiger charge is 2.22. The lowest BCUT2D eigenvalue weighted by atomic mass is 10.2. The lowest BCUT2D eigenvalue weighted by molar-refractivity contribution is -0.137. The summed E-state index contributed by atoms with van der Waals surface area (Å²) in [6.07, 6.45) is 1.35. The van der Waals surface area contributed by atoms with Gasteiger partial charge in [0, 0.05) is 18.7 Å². The van der Waals surface area contributed by atoms with Gasteiger partial charge < -0.3 is 24.4 Å². The molecule has 0 saturated carbocycles. The van der Waals surface area contributed by atoms with Gasteiger partial charge in [0.15, 0.2) is 18.1 Å². The fourth-order valence-corrected chi connectivity index (χ4v) is 3.55. The first kappa shape index (κ1) is 24.4. The Hall–Kier alpha value is -3.26. The van der Waals surface area contributed by atoms with E-state index in [1.807, 2.05) is 32.0 Å². The topological polar surface area (TPSA) is 94.2 Å². The van der Waals surface area contributed by atoms with Crippen LogP contribution >= 0.6 is 11.6 Å². The summed E-state index contributed by atoms with van der Waals surface area (Å²) in [5.41, 5.74) is 1.75. The van der Waals surface area contributed by atoms with Crippen molar-refractivity contribution >= 4 is 35.1 Å². The number of aryl methyl sites for hydroxylation is 1. The number of hydrogen-bond donors (Lipinski definition) is 1. The van der Waals surface area contributed by atoms with E-state index >= 15 is 0 Å². The molecule has 0 atom stereocenters. The summed E-state index contributed by atoms with van der Waals surface area (Å²) >= 11 is 6.22. The first-order valence-electron chi connectivity index (χ1n) is 10.8. The predicted molar refractivity (Wildman–Crippen MR) is 124 cm³/mol. The molecule has 0 saturated heterocycles. The number of amides is 2. The van der Waals surface area contributed by atoms with Crippen molar-refractivity contribution in [2.45, 2.75) is 26.7 Å². The van der Waals surface area contributed by atoms with Crippen molar-refractivity contribution in [3.8, 4) is 11.5 Å². The van der Waals surface area contributed by atoms with E-state index in [2.05, 4.69) is 5.32 Å². The minimum atomic E-state index is -0.721. The summed E-state index contributed by atoms with van der Waals surface area (Å²) in [5, 5.41) is 3.03. The Kier molecular flexibility index (Phi) is 8.54. The second-order valence-corrected chi connectivity index (χ2v) is 8.00. The van der Waals surface area contributed by atoms with Gasteiger partial charge in [-0.15, -0.1) is 0 Å². The third-order valence-corrected chi connectivity index (χ3v) is 5.25. The van der Waals surface area contributed by atoms with Crippen LogP contribution in [0, 0.1) is 6.92 Å². The van der Waals surface area contributed by atoms with Gasteiger partial charge in [-0.2, -0.15) is 0 Å². The molecule has 33 heavy (non-hydrogen) atoms. The Bertz CT molecular complexity index is 1030. The number of esters is 1. The number of nitrogens with one attached hydrogen (secondary N) is 1. The Morgan fingerprint density at radius 3 is 2.67 bits per heavy atom. The highest BCUT2D eigenvalue weighted by atomic mass is 35.5. The molecule has 2 aromatic rings. The minimum Gasteiger partial charge on any atom is -0.489 e. The number of rotatable bonds is 8. The average molecular weight is 475 g/mol. The number of benzene rings is 2. The van der Waals surface area contributed by atoms with Gasteiger partial charge in [0.05, 0.1) is 30.3 Å². The van der Waals surface area contributed by atoms with Crippen molar-refractivity contribution in [2.24, 2.45) is 0 Å². The zero-order valence-corrected chi connectivity index (χ0v) is 19.4. The maximum absolute atomic E-state index is 12.7. The van der Waals surface area contributed by atoms with Crippen LogP contribution < -0.4 is 14.8 Å². The molecule has 3 rings (SSSR count). The number of fused-ring (bicyclic) bond motifs is 1. The normalized spacial score (nSPS) is 12.5. The molecular formula is C24H27ClN2O6. The molecule has 176 valence electrons. The first-order valence-corrected chi connectivity index (χ1v) is 11.2. The average Bonchev–Trinajstić information content (AvgIpc) is 3.04. The monoisotopic (exact) mass is 474 g/mol. The number of ether oxygens (including phenoxy) is 3. The van der Waals surface area contributed by atoms with Crippen LogP contribution in [0.3, 0.4) is 0 Å². The Morgan fingerprint density at radius 2 is 1.91 bits per heavy atom. The lowest BCUT2D eigenvalue weighted by Crippen LogP contribution is -2.40. The molecule has 2 amide bonds. The molecule has 9 heteroatoms. The highest BCUT2D eigenvalue weighted by molar-refractivity contribution is 6.32. The zero-order chi connectivity index (χ0) is 23.8. The second kappa shape index (κ2) is 11.6. The van der Waals surface area contributed by atoms with Gasteiger partial charge in [-0.3, -0.25) is 9.59 Å². The van der Waals surface area contributed by atoms with Gasteiger partial charge in [-0.25, -0.2) is 4.79 Å². The minimum absolute atomic E-state index is 0.144. The van der Waals surface area contributed by atoms with Crippen molar-refractivity contribution < 1.29 is 28.6 Å². The SMILES string of the molecule is CCCN(CC(=O)Nc1ccccc1C)C(=O)COC(=O)c1cc(Cl)c2c(c1)OCCCO2. The van der Waals surface area contributed by atoms with Crippen LogP contribution in [0.4, 0.5) is 5.69 Å². The summed E-state index contributed by atoms with van der Waals surface area (Å²) in [5.74, 6) is -0.770. The summed E-state index contributed by atoms with van der Waals surface area (Å²) in [6.45, 7) is 4.40. The van der Waals surface area contributed by atoms with E-state index in [0.717, 1.165) is 5.56 Å². The zero-order valence-electron chi connectivity index (χ0n) is 18.7. The van der Waals surface area contributed by atoms with E-state index in [9.17, 15) is 14.4 Å². The molecule has 0 radical (unpaired) electrons. The van der Waals surface area contributed by atoms with Gasteiger partial charge in [-0.1, -0.05) is 36.7 Å². The van der Waals surface area contributed by atoms with Crippen molar-refractivity contribution in [3.05, 3.63) is 52.5 Å². The van der Waals surface area contributed by atoms with Crippen LogP contribution in [-0.4, -0.2) is 55.6 Å². The standard InChI is InChI=1S/C24H27ClN2O6/c1-3-9-27(14-21(28)26-19-8-5-4-7-16(19)2)22(29)15-33-24(30)17-12-18(25)23-20(13-17)31-10-6-11-32-23/h4-5,7-8,12-13H,3,6,9-11,14-15H2,1-2H3,(H,26,28). The molecule has 1 heterocycles. The van der Waals surface area contributed by atoms with E-state index in [1.54, 1.807) is 6.07 Å². The quantitative estimate of drug-likeness (QED) is 0.584. The molecule has 1 aliphatic heterocycles. The summed E-state index contributed by atoms with van der Waals surface area (Å²) in [4.78, 5) is 39.0. The van der Waals surface area contributed by atoms with Crippen LogP contribution in [0.5, 0.6) is 11.5 Å². The maximum atomic E-state index is 12.7. The van der Waals surface area contributed by atoms with Gasteiger partial charge in [0.1, 0.15) is 0 Å². The largest absolute Gasteiger partial charge is 0.489 e. The van der Waals surface area contributed by atoms with Crippen LogP contribution in [0.25, 0.3) is 0 Å². The van der Waals surface area contributed by atoms with E-state index in [-0.39, 0.29) is 23.0 Å². The first-order chi connectivity index (χ1) is 15.9. The fraction of sp³-hybridized carbons (Fsp3) is 0.375. The molecule has 8 nitrogen and oxygen atoms in total. The van der Waals surface area contributed by atoms with Crippen molar-refractivity contribution in [1.82, 2.24) is 4.90 Å². The second-order valence-electron chi connectivity index (χ2n) is 7.59. The third kappa shape index (κ3) is 6.61. The predicted octanol–water partition coefficient (Wildman–Crippen LogP) is 3.84. The smallest absolute Gasteiger partial charge is 0.338 e. The van der Waals surface area contributed by atoms with Gasteiger partial charge in [-0.05, 0) is 37.1 Å². The number of carbonyl (C=O) groups excluding carboxylic acids is 3. The highest BCUT2D eigenvalue weighted by Crippen LogP contribution is 2.38. The summed E-state index contributed by atoms with van der Waals surface area (Å²) in [7, 11) is 0. The molecule has 0 spiro atoms. The van der Waals surface area contributed by atoms with E-state index < -0.39 is 18.5 Å². The van der Waals surface area contributed by atoms with Gasteiger partial charge >= 0.3 is 5.97 Å². The van der Waals surface area contributed by atoms with Gasteiger partial charge in [0.2, 0.25) is 5.91 Å². The molecule has 1 aliphatic rings. The Balaban J connectivity index is 1.59. The van der Waals surface area contributed by atoms with E-state index in [4.69, 9.17) is 25.8 Å². The Labute approximate surface area is 197 Å². The lowest BCUT2D eigenvalue weighted by Gasteiger charge is -2.22. The summed E-state index contributed by atoms with van der Waals surface area (Å²) < 4.78 is 16.3. The molecule has 1 N–H and O–H groups in total. The van der Waals surface area contributed by atoms with Gasteiger partial charge in [0.25, 0.3) is 5.91 Å². The molecule has 0 aromatic heterocycles. The third-order valence-electron chi connectivity index (χ3n) is 4.96. The fourth-order valence-electron chi connectivity index (χ4n) is 3.29. The van der Waals surface area contributed by atoms with Crippen LogP contribution in [0.1, 0.15) is 35.7 Å².